The summed E-state index contributed by atoms with van der Waals surface area (Å²) in [5.41, 5.74) is 3.83. The lowest BCUT2D eigenvalue weighted by Gasteiger charge is -2.11. The van der Waals surface area contributed by atoms with Gasteiger partial charge in [0.1, 0.15) is 0 Å². The quantitative estimate of drug-likeness (QED) is 0.927. The topological polar surface area (TPSA) is 59.1 Å². The number of hydrogen-bond acceptors (Lipinski definition) is 3. The summed E-state index contributed by atoms with van der Waals surface area (Å²) in [6.07, 6.45) is 0.802. The molecule has 1 amide bonds. The van der Waals surface area contributed by atoms with Crippen molar-refractivity contribution in [2.24, 2.45) is 0 Å². The summed E-state index contributed by atoms with van der Waals surface area (Å²) in [5.74, 6) is 0.421. The van der Waals surface area contributed by atoms with Gasteiger partial charge >= 0.3 is 0 Å². The number of carbonyl (C=O) groups excluding carboxylic acids is 1. The second-order valence-corrected chi connectivity index (χ2v) is 6.64. The van der Waals surface area contributed by atoms with Crippen molar-refractivity contribution < 1.29 is 9.00 Å². The SMILES string of the molecule is Cc1ccc(C(=O)Nc2cccc3c2S(=O)CC3)c(C)n1. The second kappa shape index (κ2) is 5.41. The lowest BCUT2D eigenvalue weighted by atomic mass is 10.1. The molecular formula is C16H16N2O2S. The Morgan fingerprint density at radius 1 is 1.24 bits per heavy atom. The van der Waals surface area contributed by atoms with Crippen LogP contribution in [0.3, 0.4) is 0 Å². The fraction of sp³-hybridized carbons (Fsp3) is 0.250. The van der Waals surface area contributed by atoms with Crippen molar-refractivity contribution in [1.29, 1.82) is 0 Å². The maximum absolute atomic E-state index is 12.4. The van der Waals surface area contributed by atoms with Crippen LogP contribution in [0.5, 0.6) is 0 Å². The van der Waals surface area contributed by atoms with Gasteiger partial charge in [-0.25, -0.2) is 0 Å². The van der Waals surface area contributed by atoms with Crippen molar-refractivity contribution in [3.63, 3.8) is 0 Å². The molecule has 3 rings (SSSR count). The molecule has 108 valence electrons. The van der Waals surface area contributed by atoms with Gasteiger partial charge in [0.15, 0.2) is 0 Å². The Labute approximate surface area is 126 Å². The Hall–Kier alpha value is -2.01. The highest BCUT2D eigenvalue weighted by atomic mass is 32.2. The highest BCUT2D eigenvalue weighted by molar-refractivity contribution is 7.85. The Bertz CT molecular complexity index is 756. The van der Waals surface area contributed by atoms with Crippen LogP contribution in [0.25, 0.3) is 0 Å². The fourth-order valence-electron chi connectivity index (χ4n) is 2.57. The molecule has 1 aliphatic rings. The molecule has 0 fully saturated rings. The van der Waals surface area contributed by atoms with E-state index in [1.807, 2.05) is 32.0 Å². The number of fused-ring (bicyclic) bond motifs is 1. The third kappa shape index (κ3) is 2.61. The van der Waals surface area contributed by atoms with Gasteiger partial charge in [-0.05, 0) is 44.0 Å². The number of nitrogens with zero attached hydrogens (tertiary/aromatic N) is 1. The minimum atomic E-state index is -1.02. The molecule has 0 saturated carbocycles. The van der Waals surface area contributed by atoms with Crippen molar-refractivity contribution in [1.82, 2.24) is 4.98 Å². The molecule has 0 saturated heterocycles. The first-order chi connectivity index (χ1) is 10.1. The van der Waals surface area contributed by atoms with Crippen LogP contribution in [0.1, 0.15) is 27.3 Å². The number of pyridine rings is 1. The van der Waals surface area contributed by atoms with E-state index in [2.05, 4.69) is 10.3 Å². The zero-order valence-corrected chi connectivity index (χ0v) is 12.8. The number of nitrogens with one attached hydrogen (secondary N) is 1. The molecule has 5 heteroatoms. The molecule has 1 aromatic heterocycles. The van der Waals surface area contributed by atoms with Gasteiger partial charge in [0.2, 0.25) is 0 Å². The third-order valence-corrected chi connectivity index (χ3v) is 5.11. The van der Waals surface area contributed by atoms with E-state index in [9.17, 15) is 9.00 Å². The second-order valence-electron chi connectivity index (χ2n) is 5.13. The van der Waals surface area contributed by atoms with Crippen LogP contribution in [0, 0.1) is 13.8 Å². The molecule has 21 heavy (non-hydrogen) atoms. The molecule has 0 spiro atoms. The third-order valence-electron chi connectivity index (χ3n) is 3.60. The summed E-state index contributed by atoms with van der Waals surface area (Å²) in [6, 6.07) is 9.24. The van der Waals surface area contributed by atoms with E-state index >= 15 is 0 Å². The monoisotopic (exact) mass is 300 g/mol. The van der Waals surface area contributed by atoms with Crippen LogP contribution in [0.15, 0.2) is 35.2 Å². The lowest BCUT2D eigenvalue weighted by Crippen LogP contribution is -2.15. The molecule has 0 radical (unpaired) electrons. The molecule has 0 bridgehead atoms. The predicted octanol–water partition coefficient (Wildman–Crippen LogP) is 2.61. The molecule has 1 aromatic carbocycles. The zero-order chi connectivity index (χ0) is 15.0. The van der Waals surface area contributed by atoms with Crippen LogP contribution in [0.2, 0.25) is 0 Å². The number of anilines is 1. The average Bonchev–Trinajstić information content (AvgIpc) is 2.81. The van der Waals surface area contributed by atoms with Crippen molar-refractivity contribution in [2.45, 2.75) is 25.2 Å². The molecule has 0 aliphatic carbocycles. The Balaban J connectivity index is 1.93. The Morgan fingerprint density at radius 3 is 2.81 bits per heavy atom. The smallest absolute Gasteiger partial charge is 0.257 e. The number of hydrogen-bond donors (Lipinski definition) is 1. The van der Waals surface area contributed by atoms with Gasteiger partial charge in [0, 0.05) is 11.4 Å². The van der Waals surface area contributed by atoms with Crippen LogP contribution in [-0.4, -0.2) is 20.9 Å². The van der Waals surface area contributed by atoms with E-state index in [1.165, 1.54) is 0 Å². The first-order valence-electron chi connectivity index (χ1n) is 6.82. The highest BCUT2D eigenvalue weighted by Gasteiger charge is 2.23. The standard InChI is InChI=1S/C16H16N2O2S/c1-10-6-7-13(11(2)17-10)16(19)18-14-5-3-4-12-8-9-21(20)15(12)14/h3-7H,8-9H2,1-2H3,(H,18,19). The zero-order valence-electron chi connectivity index (χ0n) is 12.0. The van der Waals surface area contributed by atoms with Gasteiger partial charge in [0.25, 0.3) is 5.91 Å². The van der Waals surface area contributed by atoms with E-state index < -0.39 is 10.8 Å². The van der Waals surface area contributed by atoms with Crippen LogP contribution < -0.4 is 5.32 Å². The number of amides is 1. The Morgan fingerprint density at radius 2 is 2.05 bits per heavy atom. The summed E-state index contributed by atoms with van der Waals surface area (Å²) in [7, 11) is -1.02. The highest BCUT2D eigenvalue weighted by Crippen LogP contribution is 2.30. The van der Waals surface area contributed by atoms with Crippen LogP contribution in [-0.2, 0) is 17.2 Å². The van der Waals surface area contributed by atoms with Crippen molar-refractivity contribution in [2.75, 3.05) is 11.1 Å². The average molecular weight is 300 g/mol. The van der Waals surface area contributed by atoms with E-state index in [4.69, 9.17) is 0 Å². The molecule has 1 N–H and O–H groups in total. The van der Waals surface area contributed by atoms with E-state index in [0.29, 0.717) is 22.7 Å². The minimum absolute atomic E-state index is 0.211. The maximum atomic E-state index is 12.4. The van der Waals surface area contributed by atoms with E-state index in [1.54, 1.807) is 12.1 Å². The first-order valence-corrected chi connectivity index (χ1v) is 8.14. The molecule has 1 unspecified atom stereocenters. The van der Waals surface area contributed by atoms with Crippen molar-refractivity contribution >= 4 is 22.4 Å². The van der Waals surface area contributed by atoms with Gasteiger partial charge in [-0.15, -0.1) is 0 Å². The summed E-state index contributed by atoms with van der Waals surface area (Å²) in [5, 5.41) is 2.88. The summed E-state index contributed by atoms with van der Waals surface area (Å²) >= 11 is 0. The fourth-order valence-corrected chi connectivity index (χ4v) is 4.01. The van der Waals surface area contributed by atoms with Crippen LogP contribution in [0.4, 0.5) is 5.69 Å². The molecule has 1 atom stereocenters. The Kier molecular flexibility index (Phi) is 3.59. The lowest BCUT2D eigenvalue weighted by molar-refractivity contribution is 0.102. The molecular weight excluding hydrogens is 284 g/mol. The molecule has 2 aromatic rings. The number of aromatic nitrogens is 1. The maximum Gasteiger partial charge on any atom is 0.257 e. The molecule has 2 heterocycles. The van der Waals surface area contributed by atoms with Gasteiger partial charge in [-0.1, -0.05) is 12.1 Å². The van der Waals surface area contributed by atoms with Crippen LogP contribution >= 0.6 is 0 Å². The summed E-state index contributed by atoms with van der Waals surface area (Å²) < 4.78 is 12.1. The first kappa shape index (κ1) is 13.9. The van der Waals surface area contributed by atoms with E-state index in [-0.39, 0.29) is 5.91 Å². The van der Waals surface area contributed by atoms with Crippen molar-refractivity contribution in [3.8, 4) is 0 Å². The molecule has 4 nitrogen and oxygen atoms in total. The normalized spacial score (nSPS) is 16.6. The number of carbonyl (C=O) groups is 1. The van der Waals surface area contributed by atoms with Gasteiger partial charge in [-0.3, -0.25) is 14.0 Å². The predicted molar refractivity (Wildman–Crippen MR) is 83.1 cm³/mol. The van der Waals surface area contributed by atoms with Gasteiger partial charge in [-0.2, -0.15) is 0 Å². The van der Waals surface area contributed by atoms with E-state index in [0.717, 1.165) is 22.6 Å². The minimum Gasteiger partial charge on any atom is -0.321 e. The summed E-state index contributed by atoms with van der Waals surface area (Å²) in [6.45, 7) is 3.71. The van der Waals surface area contributed by atoms with Gasteiger partial charge in [0.05, 0.1) is 32.6 Å². The van der Waals surface area contributed by atoms with Gasteiger partial charge < -0.3 is 5.32 Å². The van der Waals surface area contributed by atoms with Crippen molar-refractivity contribution in [3.05, 3.63) is 52.8 Å². The number of aryl methyl sites for hydroxylation is 3. The summed E-state index contributed by atoms with van der Waals surface area (Å²) in [4.78, 5) is 17.5. The number of benzene rings is 1. The molecule has 1 aliphatic heterocycles. The number of rotatable bonds is 2. The largest absolute Gasteiger partial charge is 0.321 e.